The van der Waals surface area contributed by atoms with Crippen LogP contribution in [0.15, 0.2) is 36.4 Å². The van der Waals surface area contributed by atoms with Gasteiger partial charge in [-0.3, -0.25) is 0 Å². The molecule has 3 rings (SSSR count). The molecule has 1 heterocycles. The van der Waals surface area contributed by atoms with Gasteiger partial charge in [-0.05, 0) is 85.5 Å². The molecule has 1 aromatic heterocycles. The van der Waals surface area contributed by atoms with Crippen molar-refractivity contribution in [3.63, 3.8) is 0 Å². The van der Waals surface area contributed by atoms with Crippen LogP contribution in [-0.4, -0.2) is 12.0 Å². The highest BCUT2D eigenvalue weighted by Crippen LogP contribution is 2.30. The lowest BCUT2D eigenvalue weighted by atomic mass is 9.97. The molecular formula is C30H46N2. The zero-order valence-corrected chi connectivity index (χ0v) is 22.2. The van der Waals surface area contributed by atoms with Gasteiger partial charge in [-0.1, -0.05) is 72.4 Å². The fourth-order valence-corrected chi connectivity index (χ4v) is 3.55. The number of hydrogen-bond acceptors (Lipinski definition) is 2. The van der Waals surface area contributed by atoms with Gasteiger partial charge in [-0.15, -0.1) is 0 Å². The summed E-state index contributed by atoms with van der Waals surface area (Å²) in [6, 6.07) is 13.5. The molecule has 0 amide bonds. The molecule has 2 nitrogen and oxygen atoms in total. The smallest absolute Gasteiger partial charge is 0.134 e. The van der Waals surface area contributed by atoms with Gasteiger partial charge in [0, 0.05) is 18.0 Å². The lowest BCUT2D eigenvalue weighted by molar-refractivity contribution is 0.718. The first-order chi connectivity index (χ1) is 15.4. The van der Waals surface area contributed by atoms with E-state index in [0.717, 1.165) is 17.9 Å². The molecule has 0 aliphatic carbocycles. The number of aryl methyl sites for hydroxylation is 3. The summed E-state index contributed by atoms with van der Waals surface area (Å²) in [6.45, 7) is 17.1. The molecule has 0 fully saturated rings. The van der Waals surface area contributed by atoms with Crippen LogP contribution in [0.5, 0.6) is 0 Å². The summed E-state index contributed by atoms with van der Waals surface area (Å²) < 4.78 is 0. The zero-order valence-electron chi connectivity index (χ0n) is 22.2. The third-order valence-corrected chi connectivity index (χ3v) is 5.93. The first kappa shape index (κ1) is 27.7. The van der Waals surface area contributed by atoms with Crippen LogP contribution in [0, 0.1) is 20.8 Å². The van der Waals surface area contributed by atoms with Crippen molar-refractivity contribution >= 4 is 16.6 Å². The Bertz CT molecular complexity index is 931. The largest absolute Gasteiger partial charge is 0.373 e. The Kier molecular flexibility index (Phi) is 12.7. The second-order valence-corrected chi connectivity index (χ2v) is 8.35. The standard InChI is InChI=1S/C24H30N2.C4H10.C2H6/c1-6-7-8-9-19-10-11-20-15-23(26-24(25-5)22(20)14-19)21-12-16(2)18(4)17(3)13-21;1-3-4-2;1-2/h10-15H,6-9H2,1-5H3,(H,25,26);3-4H2,1-2H3;1-2H3. The summed E-state index contributed by atoms with van der Waals surface area (Å²) in [4.78, 5) is 4.93. The quantitative estimate of drug-likeness (QED) is 0.374. The van der Waals surface area contributed by atoms with E-state index in [1.807, 2.05) is 20.9 Å². The second kappa shape index (κ2) is 14.7. The normalized spacial score (nSPS) is 10.2. The van der Waals surface area contributed by atoms with E-state index in [4.69, 9.17) is 4.98 Å². The van der Waals surface area contributed by atoms with Crippen LogP contribution in [0.25, 0.3) is 22.0 Å². The SMILES string of the molecule is CC.CCCC.CCCCCc1ccc2cc(-c3cc(C)c(C)c(C)c3)nc(NC)c2c1. The molecule has 0 aliphatic rings. The Labute approximate surface area is 197 Å². The summed E-state index contributed by atoms with van der Waals surface area (Å²) in [5, 5.41) is 5.76. The summed E-state index contributed by atoms with van der Waals surface area (Å²) in [7, 11) is 1.96. The van der Waals surface area contributed by atoms with E-state index in [-0.39, 0.29) is 0 Å². The maximum Gasteiger partial charge on any atom is 0.134 e. The van der Waals surface area contributed by atoms with Crippen molar-refractivity contribution in [1.29, 1.82) is 0 Å². The van der Waals surface area contributed by atoms with Crippen LogP contribution < -0.4 is 5.32 Å². The Morgan fingerprint density at radius 3 is 1.94 bits per heavy atom. The van der Waals surface area contributed by atoms with Gasteiger partial charge in [-0.2, -0.15) is 0 Å². The van der Waals surface area contributed by atoms with Gasteiger partial charge >= 0.3 is 0 Å². The molecule has 0 bridgehead atoms. The molecule has 176 valence electrons. The summed E-state index contributed by atoms with van der Waals surface area (Å²) in [6.07, 6.45) is 7.59. The maximum atomic E-state index is 4.93. The van der Waals surface area contributed by atoms with Gasteiger partial charge in [0.25, 0.3) is 0 Å². The number of unbranched alkanes of at least 4 members (excludes halogenated alkanes) is 3. The van der Waals surface area contributed by atoms with Crippen molar-refractivity contribution in [2.75, 3.05) is 12.4 Å². The average molecular weight is 435 g/mol. The van der Waals surface area contributed by atoms with Crippen molar-refractivity contribution in [2.45, 2.75) is 93.9 Å². The van der Waals surface area contributed by atoms with Crippen LogP contribution in [0.2, 0.25) is 0 Å². The van der Waals surface area contributed by atoms with Crippen molar-refractivity contribution in [1.82, 2.24) is 4.98 Å². The van der Waals surface area contributed by atoms with Crippen LogP contribution in [0.3, 0.4) is 0 Å². The molecule has 2 aromatic carbocycles. The number of hydrogen-bond donors (Lipinski definition) is 1. The van der Waals surface area contributed by atoms with E-state index in [9.17, 15) is 0 Å². The number of rotatable bonds is 7. The fraction of sp³-hybridized carbons (Fsp3) is 0.500. The Balaban J connectivity index is 0.000000769. The lowest BCUT2D eigenvalue weighted by Gasteiger charge is -2.13. The van der Waals surface area contributed by atoms with Gasteiger partial charge in [0.15, 0.2) is 0 Å². The molecule has 0 radical (unpaired) electrons. The van der Waals surface area contributed by atoms with E-state index in [1.54, 1.807) is 0 Å². The van der Waals surface area contributed by atoms with Crippen LogP contribution in [-0.2, 0) is 6.42 Å². The molecule has 32 heavy (non-hydrogen) atoms. The number of fused-ring (bicyclic) bond motifs is 1. The second-order valence-electron chi connectivity index (χ2n) is 8.35. The number of anilines is 1. The number of nitrogens with zero attached hydrogens (tertiary/aromatic N) is 1. The number of benzene rings is 2. The Morgan fingerprint density at radius 2 is 1.41 bits per heavy atom. The van der Waals surface area contributed by atoms with E-state index >= 15 is 0 Å². The average Bonchev–Trinajstić information content (AvgIpc) is 2.83. The third-order valence-electron chi connectivity index (χ3n) is 5.93. The van der Waals surface area contributed by atoms with E-state index < -0.39 is 0 Å². The molecule has 2 heteroatoms. The van der Waals surface area contributed by atoms with Gasteiger partial charge in [0.1, 0.15) is 5.82 Å². The maximum absolute atomic E-state index is 4.93. The predicted octanol–water partition coefficient (Wildman–Crippen LogP) is 9.43. The summed E-state index contributed by atoms with van der Waals surface area (Å²) >= 11 is 0. The molecule has 1 N–H and O–H groups in total. The van der Waals surface area contributed by atoms with Crippen molar-refractivity contribution in [3.05, 3.63) is 58.7 Å². The highest BCUT2D eigenvalue weighted by Gasteiger charge is 2.10. The first-order valence-electron chi connectivity index (χ1n) is 12.6. The van der Waals surface area contributed by atoms with Crippen molar-refractivity contribution < 1.29 is 0 Å². The number of nitrogens with one attached hydrogen (secondary N) is 1. The molecular weight excluding hydrogens is 388 g/mol. The molecule has 0 atom stereocenters. The topological polar surface area (TPSA) is 24.9 Å². The van der Waals surface area contributed by atoms with Crippen molar-refractivity contribution in [2.24, 2.45) is 0 Å². The van der Waals surface area contributed by atoms with Gasteiger partial charge < -0.3 is 5.32 Å². The summed E-state index contributed by atoms with van der Waals surface area (Å²) in [5.41, 5.74) is 7.63. The Hall–Kier alpha value is -2.35. The van der Waals surface area contributed by atoms with E-state index in [1.165, 1.54) is 70.7 Å². The molecule has 3 aromatic rings. The Morgan fingerprint density at radius 1 is 0.781 bits per heavy atom. The first-order valence-corrected chi connectivity index (χ1v) is 12.6. The molecule has 0 spiro atoms. The monoisotopic (exact) mass is 434 g/mol. The lowest BCUT2D eigenvalue weighted by Crippen LogP contribution is -1.98. The fourth-order valence-electron chi connectivity index (χ4n) is 3.55. The molecule has 0 unspecified atom stereocenters. The third kappa shape index (κ3) is 7.65. The van der Waals surface area contributed by atoms with Gasteiger partial charge in [0.2, 0.25) is 0 Å². The van der Waals surface area contributed by atoms with E-state index in [2.05, 4.69) is 83.3 Å². The van der Waals surface area contributed by atoms with Gasteiger partial charge in [-0.25, -0.2) is 4.98 Å². The minimum atomic E-state index is 0.964. The number of pyridine rings is 1. The zero-order chi connectivity index (χ0) is 24.1. The molecule has 0 aliphatic heterocycles. The minimum absolute atomic E-state index is 0.964. The highest BCUT2D eigenvalue weighted by molar-refractivity contribution is 5.95. The van der Waals surface area contributed by atoms with Crippen LogP contribution in [0.4, 0.5) is 5.82 Å². The van der Waals surface area contributed by atoms with Crippen LogP contribution >= 0.6 is 0 Å². The predicted molar refractivity (Wildman–Crippen MR) is 146 cm³/mol. The number of aromatic nitrogens is 1. The van der Waals surface area contributed by atoms with E-state index in [0.29, 0.717) is 0 Å². The highest BCUT2D eigenvalue weighted by atomic mass is 15.0. The van der Waals surface area contributed by atoms with Crippen molar-refractivity contribution in [3.8, 4) is 11.3 Å². The molecule has 0 saturated heterocycles. The van der Waals surface area contributed by atoms with Crippen LogP contribution in [0.1, 0.15) is 89.0 Å². The minimum Gasteiger partial charge on any atom is -0.373 e. The summed E-state index contributed by atoms with van der Waals surface area (Å²) in [5.74, 6) is 0.964. The molecule has 0 saturated carbocycles. The van der Waals surface area contributed by atoms with Gasteiger partial charge in [0.05, 0.1) is 5.69 Å².